The first kappa shape index (κ1) is 16.7. The average Bonchev–Trinajstić information content (AvgIpc) is 2.93. The van der Waals surface area contributed by atoms with E-state index in [2.05, 4.69) is 0 Å². The SMILES string of the molecule is CC(CN)C(=O)N1CCN(S(=O)(=O)c2ccc(Cl)s2)CC1. The molecule has 2 N–H and O–H groups in total. The lowest BCUT2D eigenvalue weighted by atomic mass is 10.1. The maximum Gasteiger partial charge on any atom is 0.252 e. The van der Waals surface area contributed by atoms with Crippen LogP contribution in [0.25, 0.3) is 0 Å². The maximum atomic E-state index is 12.4. The molecule has 0 spiro atoms. The van der Waals surface area contributed by atoms with Crippen LogP contribution < -0.4 is 5.73 Å². The molecule has 0 bridgehead atoms. The van der Waals surface area contributed by atoms with Crippen LogP contribution in [0.4, 0.5) is 0 Å². The second kappa shape index (κ2) is 6.62. The van der Waals surface area contributed by atoms with Crippen LogP contribution in [-0.2, 0) is 14.8 Å². The predicted molar refractivity (Wildman–Crippen MR) is 82.9 cm³/mol. The first-order chi connectivity index (χ1) is 9.86. The van der Waals surface area contributed by atoms with Gasteiger partial charge in [-0.3, -0.25) is 4.79 Å². The zero-order valence-electron chi connectivity index (χ0n) is 11.7. The number of nitrogens with two attached hydrogens (primary N) is 1. The van der Waals surface area contributed by atoms with Gasteiger partial charge in [0.25, 0.3) is 10.0 Å². The number of piperazine rings is 1. The van der Waals surface area contributed by atoms with Gasteiger partial charge in [0.2, 0.25) is 5.91 Å². The molecule has 118 valence electrons. The summed E-state index contributed by atoms with van der Waals surface area (Å²) in [7, 11) is -3.51. The summed E-state index contributed by atoms with van der Waals surface area (Å²) in [4.78, 5) is 13.7. The summed E-state index contributed by atoms with van der Waals surface area (Å²) in [6, 6.07) is 3.08. The summed E-state index contributed by atoms with van der Waals surface area (Å²) >= 11 is 6.83. The van der Waals surface area contributed by atoms with E-state index in [1.165, 1.54) is 10.4 Å². The molecular weight excluding hydrogens is 334 g/mol. The summed E-state index contributed by atoms with van der Waals surface area (Å²) in [6.45, 7) is 3.44. The molecule has 1 aliphatic rings. The number of carbonyl (C=O) groups is 1. The Morgan fingerprint density at radius 1 is 1.38 bits per heavy atom. The van der Waals surface area contributed by atoms with E-state index in [1.54, 1.807) is 17.9 Å². The van der Waals surface area contributed by atoms with Crippen molar-refractivity contribution < 1.29 is 13.2 Å². The average molecular weight is 352 g/mol. The molecule has 6 nitrogen and oxygen atoms in total. The fourth-order valence-corrected chi connectivity index (χ4v) is 5.18. The van der Waals surface area contributed by atoms with E-state index >= 15 is 0 Å². The minimum absolute atomic E-state index is 0.0197. The molecule has 0 radical (unpaired) electrons. The van der Waals surface area contributed by atoms with Crippen LogP contribution >= 0.6 is 22.9 Å². The van der Waals surface area contributed by atoms with Gasteiger partial charge in [-0.25, -0.2) is 8.42 Å². The number of thiophene rings is 1. The van der Waals surface area contributed by atoms with Gasteiger partial charge >= 0.3 is 0 Å². The topological polar surface area (TPSA) is 83.7 Å². The third-order valence-corrected chi connectivity index (χ3v) is 7.07. The number of sulfonamides is 1. The number of carbonyl (C=O) groups excluding carboxylic acids is 1. The van der Waals surface area contributed by atoms with Gasteiger partial charge in [0.05, 0.1) is 4.34 Å². The van der Waals surface area contributed by atoms with Gasteiger partial charge in [0, 0.05) is 38.6 Å². The molecule has 1 unspecified atom stereocenters. The van der Waals surface area contributed by atoms with Crippen LogP contribution in [0.1, 0.15) is 6.92 Å². The molecule has 0 aromatic carbocycles. The van der Waals surface area contributed by atoms with Crippen molar-refractivity contribution in [2.75, 3.05) is 32.7 Å². The molecule has 9 heteroatoms. The molecule has 1 saturated heterocycles. The molecule has 1 aromatic rings. The van der Waals surface area contributed by atoms with Crippen molar-refractivity contribution in [3.63, 3.8) is 0 Å². The molecule has 1 aromatic heterocycles. The number of hydrogen-bond donors (Lipinski definition) is 1. The first-order valence-corrected chi connectivity index (χ1v) is 9.24. The van der Waals surface area contributed by atoms with Crippen LogP contribution in [0.5, 0.6) is 0 Å². The lowest BCUT2D eigenvalue weighted by Crippen LogP contribution is -2.52. The quantitative estimate of drug-likeness (QED) is 0.870. The Hall–Kier alpha value is -0.670. The third-order valence-electron chi connectivity index (χ3n) is 3.47. The van der Waals surface area contributed by atoms with Crippen molar-refractivity contribution in [3.05, 3.63) is 16.5 Å². The Morgan fingerprint density at radius 2 is 2.00 bits per heavy atom. The number of nitrogens with zero attached hydrogens (tertiary/aromatic N) is 2. The van der Waals surface area contributed by atoms with E-state index in [1.807, 2.05) is 0 Å². The summed E-state index contributed by atoms with van der Waals surface area (Å²) in [5.41, 5.74) is 5.49. The van der Waals surface area contributed by atoms with Gasteiger partial charge in [0.1, 0.15) is 4.21 Å². The number of amides is 1. The Balaban J connectivity index is 2.02. The van der Waals surface area contributed by atoms with Gasteiger partial charge < -0.3 is 10.6 Å². The number of hydrogen-bond acceptors (Lipinski definition) is 5. The van der Waals surface area contributed by atoms with Gasteiger partial charge in [-0.05, 0) is 12.1 Å². The molecule has 2 rings (SSSR count). The molecule has 1 amide bonds. The van der Waals surface area contributed by atoms with Crippen molar-refractivity contribution in [1.29, 1.82) is 0 Å². The maximum absolute atomic E-state index is 12.4. The molecule has 1 fully saturated rings. The van der Waals surface area contributed by atoms with E-state index < -0.39 is 10.0 Å². The largest absolute Gasteiger partial charge is 0.340 e. The first-order valence-electron chi connectivity index (χ1n) is 6.60. The zero-order valence-corrected chi connectivity index (χ0v) is 14.0. The van der Waals surface area contributed by atoms with E-state index in [0.29, 0.717) is 37.1 Å². The zero-order chi connectivity index (χ0) is 15.6. The van der Waals surface area contributed by atoms with Crippen LogP contribution in [0.3, 0.4) is 0 Å². The number of rotatable bonds is 4. The van der Waals surface area contributed by atoms with Crippen molar-refractivity contribution in [2.45, 2.75) is 11.1 Å². The summed E-state index contributed by atoms with van der Waals surface area (Å²) in [5, 5.41) is 0. The Morgan fingerprint density at radius 3 is 2.48 bits per heavy atom. The second-order valence-corrected chi connectivity index (χ2v) is 8.80. The predicted octanol–water partition coefficient (Wildman–Crippen LogP) is 0.829. The fourth-order valence-electron chi connectivity index (χ4n) is 2.12. The van der Waals surface area contributed by atoms with Gasteiger partial charge in [-0.2, -0.15) is 4.31 Å². The highest BCUT2D eigenvalue weighted by atomic mass is 35.5. The van der Waals surface area contributed by atoms with Crippen LogP contribution in [0, 0.1) is 5.92 Å². The molecule has 1 atom stereocenters. The lowest BCUT2D eigenvalue weighted by molar-refractivity contribution is -0.135. The molecule has 1 aliphatic heterocycles. The van der Waals surface area contributed by atoms with E-state index in [4.69, 9.17) is 17.3 Å². The molecular formula is C12H18ClN3O3S2. The van der Waals surface area contributed by atoms with Crippen molar-refractivity contribution in [2.24, 2.45) is 11.7 Å². The van der Waals surface area contributed by atoms with Crippen LogP contribution in [0.2, 0.25) is 4.34 Å². The van der Waals surface area contributed by atoms with Crippen molar-refractivity contribution in [3.8, 4) is 0 Å². The highest BCUT2D eigenvalue weighted by molar-refractivity contribution is 7.91. The minimum atomic E-state index is -3.51. The van der Waals surface area contributed by atoms with Crippen molar-refractivity contribution >= 4 is 38.9 Å². The van der Waals surface area contributed by atoms with Gasteiger partial charge in [-0.15, -0.1) is 11.3 Å². The molecule has 2 heterocycles. The van der Waals surface area contributed by atoms with Crippen LogP contribution in [-0.4, -0.2) is 56.3 Å². The fraction of sp³-hybridized carbons (Fsp3) is 0.583. The van der Waals surface area contributed by atoms with Crippen molar-refractivity contribution in [1.82, 2.24) is 9.21 Å². The van der Waals surface area contributed by atoms with E-state index in [0.717, 1.165) is 11.3 Å². The lowest BCUT2D eigenvalue weighted by Gasteiger charge is -2.34. The standard InChI is InChI=1S/C12H18ClN3O3S2/c1-9(8-14)12(17)15-4-6-16(7-5-15)21(18,19)11-3-2-10(13)20-11/h2-3,9H,4-8,14H2,1H3. The molecule has 21 heavy (non-hydrogen) atoms. The van der Waals surface area contributed by atoms with E-state index in [-0.39, 0.29) is 16.0 Å². The van der Waals surface area contributed by atoms with Crippen LogP contribution in [0.15, 0.2) is 16.3 Å². The Kier molecular flexibility index (Phi) is 5.26. The summed E-state index contributed by atoms with van der Waals surface area (Å²) in [5.74, 6) is -0.252. The minimum Gasteiger partial charge on any atom is -0.340 e. The highest BCUT2D eigenvalue weighted by Crippen LogP contribution is 2.28. The highest BCUT2D eigenvalue weighted by Gasteiger charge is 2.31. The molecule has 0 aliphatic carbocycles. The summed E-state index contributed by atoms with van der Waals surface area (Å²) in [6.07, 6.45) is 0. The monoisotopic (exact) mass is 351 g/mol. The Bertz CT molecular complexity index is 609. The van der Waals surface area contributed by atoms with Gasteiger partial charge in [0.15, 0.2) is 0 Å². The third kappa shape index (κ3) is 3.57. The van der Waals surface area contributed by atoms with E-state index in [9.17, 15) is 13.2 Å². The second-order valence-electron chi connectivity index (χ2n) is 4.92. The number of halogens is 1. The summed E-state index contributed by atoms with van der Waals surface area (Å²) < 4.78 is 26.9. The van der Waals surface area contributed by atoms with Gasteiger partial charge in [-0.1, -0.05) is 18.5 Å². The molecule has 0 saturated carbocycles. The normalized spacial score (nSPS) is 18.7. The smallest absolute Gasteiger partial charge is 0.252 e. The Labute approximate surface area is 133 Å².